The molecule has 0 aliphatic carbocycles. The van der Waals surface area contributed by atoms with Crippen molar-refractivity contribution in [3.05, 3.63) is 29.3 Å². The molecule has 2 N–H and O–H groups in total. The van der Waals surface area contributed by atoms with E-state index in [0.717, 1.165) is 12.8 Å². The number of nitrogens with one attached hydrogen (secondary N) is 1. The van der Waals surface area contributed by atoms with Gasteiger partial charge < -0.3 is 15.3 Å². The largest absolute Gasteiger partial charge is 0.508 e. The van der Waals surface area contributed by atoms with E-state index in [0.29, 0.717) is 24.2 Å². The lowest BCUT2D eigenvalue weighted by Crippen LogP contribution is -2.45. The van der Waals surface area contributed by atoms with E-state index in [-0.39, 0.29) is 23.5 Å². The third-order valence-corrected chi connectivity index (χ3v) is 3.86. The molecule has 0 aromatic heterocycles. The van der Waals surface area contributed by atoms with E-state index in [9.17, 15) is 14.7 Å². The molecule has 1 heterocycles. The molecule has 1 aliphatic heterocycles. The van der Waals surface area contributed by atoms with Crippen molar-refractivity contribution in [2.45, 2.75) is 19.8 Å². The van der Waals surface area contributed by atoms with Gasteiger partial charge in [0.05, 0.1) is 5.92 Å². The summed E-state index contributed by atoms with van der Waals surface area (Å²) in [5.41, 5.74) is 1.09. The van der Waals surface area contributed by atoms with E-state index < -0.39 is 0 Å². The van der Waals surface area contributed by atoms with E-state index >= 15 is 0 Å². The quantitative estimate of drug-likeness (QED) is 0.855. The molecule has 1 aliphatic rings. The monoisotopic (exact) mass is 276 g/mol. The first-order chi connectivity index (χ1) is 9.54. The lowest BCUT2D eigenvalue weighted by molar-refractivity contribution is -0.125. The van der Waals surface area contributed by atoms with Crippen molar-refractivity contribution in [1.82, 2.24) is 10.2 Å². The molecule has 1 fully saturated rings. The average Bonchev–Trinajstić information content (AvgIpc) is 2.48. The predicted octanol–water partition coefficient (Wildman–Crippen LogP) is 1.30. The van der Waals surface area contributed by atoms with Crippen molar-refractivity contribution < 1.29 is 14.7 Å². The number of hydrogen-bond donors (Lipinski definition) is 2. The standard InChI is InChI=1S/C15H20N2O3/c1-10-12(6-3-7-13(10)18)15(20)17-8-4-5-11(9-17)14(19)16-2/h3,6-7,11,18H,4-5,8-9H2,1-2H3,(H,16,19). The molecule has 5 nitrogen and oxygen atoms in total. The van der Waals surface area contributed by atoms with Gasteiger partial charge in [0.25, 0.3) is 5.91 Å². The van der Waals surface area contributed by atoms with Crippen molar-refractivity contribution in [1.29, 1.82) is 0 Å². The SMILES string of the molecule is CNC(=O)C1CCCN(C(=O)c2cccc(O)c2C)C1. The lowest BCUT2D eigenvalue weighted by atomic mass is 9.96. The van der Waals surface area contributed by atoms with Crippen LogP contribution in [0.2, 0.25) is 0 Å². The van der Waals surface area contributed by atoms with Gasteiger partial charge in [-0.25, -0.2) is 0 Å². The zero-order chi connectivity index (χ0) is 14.7. The van der Waals surface area contributed by atoms with Crippen LogP contribution in [-0.4, -0.2) is 42.0 Å². The topological polar surface area (TPSA) is 69.6 Å². The van der Waals surface area contributed by atoms with Gasteiger partial charge in [0.15, 0.2) is 0 Å². The molecule has 1 unspecified atom stereocenters. The Hall–Kier alpha value is -2.04. The summed E-state index contributed by atoms with van der Waals surface area (Å²) in [4.78, 5) is 25.9. The van der Waals surface area contributed by atoms with Crippen molar-refractivity contribution in [3.8, 4) is 5.75 Å². The smallest absolute Gasteiger partial charge is 0.254 e. The van der Waals surface area contributed by atoms with Gasteiger partial charge in [0, 0.05) is 31.3 Å². The van der Waals surface area contributed by atoms with Crippen LogP contribution in [0.25, 0.3) is 0 Å². The minimum Gasteiger partial charge on any atom is -0.508 e. The number of benzene rings is 1. The van der Waals surface area contributed by atoms with Crippen LogP contribution in [0, 0.1) is 12.8 Å². The van der Waals surface area contributed by atoms with E-state index in [1.807, 2.05) is 0 Å². The molecule has 108 valence electrons. The molecule has 2 amide bonds. The van der Waals surface area contributed by atoms with Crippen molar-refractivity contribution in [2.75, 3.05) is 20.1 Å². The number of amides is 2. The van der Waals surface area contributed by atoms with E-state index in [2.05, 4.69) is 5.32 Å². The Balaban J connectivity index is 2.16. The summed E-state index contributed by atoms with van der Waals surface area (Å²) in [7, 11) is 1.61. The number of rotatable bonds is 2. The molecule has 1 aromatic rings. The van der Waals surface area contributed by atoms with Crippen molar-refractivity contribution in [3.63, 3.8) is 0 Å². The Kier molecular flexibility index (Phi) is 4.27. The van der Waals surface area contributed by atoms with Crippen molar-refractivity contribution >= 4 is 11.8 Å². The highest BCUT2D eigenvalue weighted by molar-refractivity contribution is 5.96. The number of piperidine rings is 1. The minimum atomic E-state index is -0.143. The number of carbonyl (C=O) groups excluding carboxylic acids is 2. The number of hydrogen-bond acceptors (Lipinski definition) is 3. The fraction of sp³-hybridized carbons (Fsp3) is 0.467. The molecule has 1 saturated heterocycles. The van der Waals surface area contributed by atoms with Crippen LogP contribution in [-0.2, 0) is 4.79 Å². The highest BCUT2D eigenvalue weighted by atomic mass is 16.3. The Morgan fingerprint density at radius 3 is 2.85 bits per heavy atom. The van der Waals surface area contributed by atoms with Gasteiger partial charge in [0.1, 0.15) is 5.75 Å². The van der Waals surface area contributed by atoms with Crippen LogP contribution in [0.3, 0.4) is 0 Å². The van der Waals surface area contributed by atoms with Crippen molar-refractivity contribution in [2.24, 2.45) is 5.92 Å². The second-order valence-corrected chi connectivity index (χ2v) is 5.15. The summed E-state index contributed by atoms with van der Waals surface area (Å²) in [6.45, 7) is 2.82. The first-order valence-electron chi connectivity index (χ1n) is 6.84. The molecular formula is C15H20N2O3. The van der Waals surface area contributed by atoms with Crippen LogP contribution < -0.4 is 5.32 Å². The highest BCUT2D eigenvalue weighted by Crippen LogP contribution is 2.24. The highest BCUT2D eigenvalue weighted by Gasteiger charge is 2.29. The number of carbonyl (C=O) groups is 2. The fourth-order valence-corrected chi connectivity index (χ4v) is 2.61. The number of likely N-dealkylation sites (tertiary alicyclic amines) is 1. The molecule has 20 heavy (non-hydrogen) atoms. The van der Waals surface area contributed by atoms with E-state index in [1.54, 1.807) is 37.1 Å². The molecule has 0 spiro atoms. The molecule has 2 rings (SSSR count). The Morgan fingerprint density at radius 2 is 2.15 bits per heavy atom. The van der Waals surface area contributed by atoms with Gasteiger partial charge >= 0.3 is 0 Å². The molecule has 0 bridgehead atoms. The Morgan fingerprint density at radius 1 is 1.40 bits per heavy atom. The average molecular weight is 276 g/mol. The van der Waals surface area contributed by atoms with Crippen LogP contribution >= 0.6 is 0 Å². The molecule has 0 radical (unpaired) electrons. The van der Waals surface area contributed by atoms with E-state index in [1.165, 1.54) is 0 Å². The van der Waals surface area contributed by atoms with Crippen LogP contribution in [0.1, 0.15) is 28.8 Å². The van der Waals surface area contributed by atoms with Gasteiger partial charge in [-0.3, -0.25) is 9.59 Å². The molecular weight excluding hydrogens is 256 g/mol. The first-order valence-corrected chi connectivity index (χ1v) is 6.84. The van der Waals surface area contributed by atoms with Gasteiger partial charge in [0.2, 0.25) is 5.91 Å². The summed E-state index contributed by atoms with van der Waals surface area (Å²) in [6, 6.07) is 4.94. The maximum absolute atomic E-state index is 12.5. The van der Waals surface area contributed by atoms with Crippen LogP contribution in [0.4, 0.5) is 0 Å². The van der Waals surface area contributed by atoms with Gasteiger partial charge in [-0.05, 0) is 31.9 Å². The second kappa shape index (κ2) is 5.94. The summed E-state index contributed by atoms with van der Waals surface area (Å²) in [5, 5.41) is 12.3. The zero-order valence-corrected chi connectivity index (χ0v) is 11.8. The minimum absolute atomic E-state index is 0.0184. The molecule has 1 atom stereocenters. The molecule has 1 aromatic carbocycles. The maximum atomic E-state index is 12.5. The summed E-state index contributed by atoms with van der Waals surface area (Å²) in [5.74, 6) is -0.159. The van der Waals surface area contributed by atoms with Gasteiger partial charge in [-0.1, -0.05) is 6.07 Å². The number of phenolic OH excluding ortho intramolecular Hbond substituents is 1. The number of nitrogens with zero attached hydrogens (tertiary/aromatic N) is 1. The third kappa shape index (κ3) is 2.76. The lowest BCUT2D eigenvalue weighted by Gasteiger charge is -2.32. The Labute approximate surface area is 118 Å². The second-order valence-electron chi connectivity index (χ2n) is 5.15. The summed E-state index contributed by atoms with van der Waals surface area (Å²) >= 11 is 0. The van der Waals surface area contributed by atoms with Gasteiger partial charge in [-0.2, -0.15) is 0 Å². The number of phenols is 1. The first kappa shape index (κ1) is 14.4. The predicted molar refractivity (Wildman–Crippen MR) is 75.5 cm³/mol. The van der Waals surface area contributed by atoms with Gasteiger partial charge in [-0.15, -0.1) is 0 Å². The van der Waals surface area contributed by atoms with E-state index in [4.69, 9.17) is 0 Å². The van der Waals surface area contributed by atoms with Crippen LogP contribution in [0.15, 0.2) is 18.2 Å². The normalized spacial score (nSPS) is 18.7. The number of aromatic hydroxyl groups is 1. The molecule has 5 heteroatoms. The zero-order valence-electron chi connectivity index (χ0n) is 11.8. The Bertz CT molecular complexity index is 528. The summed E-state index contributed by atoms with van der Waals surface area (Å²) in [6.07, 6.45) is 1.63. The maximum Gasteiger partial charge on any atom is 0.254 e. The molecule has 0 saturated carbocycles. The third-order valence-electron chi connectivity index (χ3n) is 3.86. The van der Waals surface area contributed by atoms with Crippen LogP contribution in [0.5, 0.6) is 5.75 Å². The fourth-order valence-electron chi connectivity index (χ4n) is 2.61. The summed E-state index contributed by atoms with van der Waals surface area (Å²) < 4.78 is 0.